The summed E-state index contributed by atoms with van der Waals surface area (Å²) >= 11 is 0. The van der Waals surface area contributed by atoms with Gasteiger partial charge in [-0.3, -0.25) is 0 Å². The molecule has 17 heavy (non-hydrogen) atoms. The van der Waals surface area contributed by atoms with Crippen LogP contribution < -0.4 is 5.32 Å². The maximum absolute atomic E-state index is 10.2. The van der Waals surface area contributed by atoms with Crippen LogP contribution in [0.25, 0.3) is 6.20 Å². The highest BCUT2D eigenvalue weighted by molar-refractivity contribution is 5.17. The van der Waals surface area contributed by atoms with Gasteiger partial charge in [0, 0.05) is 57.1 Å². The van der Waals surface area contributed by atoms with E-state index >= 15 is 0 Å². The van der Waals surface area contributed by atoms with E-state index < -0.39 is 5.60 Å². The van der Waals surface area contributed by atoms with E-state index in [0.29, 0.717) is 39.1 Å². The van der Waals surface area contributed by atoms with Crippen LogP contribution in [0.15, 0.2) is 19.0 Å². The summed E-state index contributed by atoms with van der Waals surface area (Å²) in [5.74, 6) is 0. The smallest absolute Gasteiger partial charge is 0.0815 e. The Hall–Kier alpha value is -1.17. The molecular formula is C12H19N3O2. The lowest BCUT2D eigenvalue weighted by molar-refractivity contribution is -0.0617. The first kappa shape index (κ1) is 12.3. The number of nitrogens with zero attached hydrogens (tertiary/aromatic N) is 2. The van der Waals surface area contributed by atoms with Crippen molar-refractivity contribution in [3.8, 4) is 0 Å². The summed E-state index contributed by atoms with van der Waals surface area (Å²) in [5, 5.41) is 17.6. The van der Waals surface area contributed by atoms with Crippen LogP contribution in [-0.4, -0.2) is 40.2 Å². The number of rotatable bonds is 5. The minimum atomic E-state index is -0.618. The van der Waals surface area contributed by atoms with Gasteiger partial charge in [-0.2, -0.15) is 5.10 Å². The van der Waals surface area contributed by atoms with Gasteiger partial charge in [-0.15, -0.1) is 0 Å². The van der Waals surface area contributed by atoms with Gasteiger partial charge in [0.1, 0.15) is 0 Å². The van der Waals surface area contributed by atoms with Gasteiger partial charge < -0.3 is 15.2 Å². The maximum Gasteiger partial charge on any atom is 0.0815 e. The molecule has 0 aromatic carbocycles. The molecule has 5 nitrogen and oxygen atoms in total. The third-order valence-corrected chi connectivity index (χ3v) is 3.05. The molecule has 2 N–H and O–H groups in total. The highest BCUT2D eigenvalue weighted by Crippen LogP contribution is 2.19. The van der Waals surface area contributed by atoms with Crippen LogP contribution in [0, 0.1) is 0 Å². The summed E-state index contributed by atoms with van der Waals surface area (Å²) in [4.78, 5) is 0. The van der Waals surface area contributed by atoms with Gasteiger partial charge in [-0.25, -0.2) is 4.68 Å². The second-order valence-corrected chi connectivity index (χ2v) is 4.45. The van der Waals surface area contributed by atoms with Gasteiger partial charge in [-0.05, 0) is 0 Å². The van der Waals surface area contributed by atoms with E-state index in [1.165, 1.54) is 0 Å². The Morgan fingerprint density at radius 3 is 3.00 bits per heavy atom. The molecule has 0 spiro atoms. The lowest BCUT2D eigenvalue weighted by Gasteiger charge is -2.32. The summed E-state index contributed by atoms with van der Waals surface area (Å²) in [5.41, 5.74) is 0.465. The summed E-state index contributed by atoms with van der Waals surface area (Å²) in [7, 11) is 0. The fraction of sp³-hybridized carbons (Fsp3) is 0.583. The Kier molecular flexibility index (Phi) is 3.93. The van der Waals surface area contributed by atoms with Gasteiger partial charge in [0.25, 0.3) is 0 Å². The van der Waals surface area contributed by atoms with Crippen LogP contribution in [0.1, 0.15) is 18.4 Å². The number of aliphatic hydroxyl groups is 1. The molecule has 1 saturated heterocycles. The minimum absolute atomic E-state index is 0.593. The molecule has 94 valence electrons. The summed E-state index contributed by atoms with van der Waals surface area (Å²) in [6.45, 7) is 6.22. The van der Waals surface area contributed by atoms with Crippen molar-refractivity contribution in [1.29, 1.82) is 0 Å². The third kappa shape index (κ3) is 3.39. The second-order valence-electron chi connectivity index (χ2n) is 4.45. The van der Waals surface area contributed by atoms with E-state index in [9.17, 15) is 5.11 Å². The van der Waals surface area contributed by atoms with E-state index in [-0.39, 0.29) is 0 Å². The molecule has 0 bridgehead atoms. The molecule has 0 unspecified atom stereocenters. The van der Waals surface area contributed by atoms with Crippen molar-refractivity contribution in [3.05, 3.63) is 24.5 Å². The standard InChI is InChI=1S/C12H19N3O2/c1-2-15-9-11(8-14-15)7-13-10-12(16)3-5-17-6-4-12/h2,8-9,13,16H,1,3-7,10H2. The summed E-state index contributed by atoms with van der Waals surface area (Å²) in [6.07, 6.45) is 6.75. The van der Waals surface area contributed by atoms with Crippen LogP contribution in [0.4, 0.5) is 0 Å². The zero-order chi connectivity index (χ0) is 12.1. The largest absolute Gasteiger partial charge is 0.388 e. The highest BCUT2D eigenvalue weighted by atomic mass is 16.5. The monoisotopic (exact) mass is 237 g/mol. The van der Waals surface area contributed by atoms with Crippen molar-refractivity contribution in [3.63, 3.8) is 0 Å². The summed E-state index contributed by atoms with van der Waals surface area (Å²) < 4.78 is 6.90. The van der Waals surface area contributed by atoms with E-state index in [1.54, 1.807) is 17.1 Å². The van der Waals surface area contributed by atoms with Crippen molar-refractivity contribution in [2.75, 3.05) is 19.8 Å². The van der Waals surface area contributed by atoms with E-state index in [0.717, 1.165) is 5.56 Å². The average Bonchev–Trinajstić information content (AvgIpc) is 2.78. The zero-order valence-electron chi connectivity index (χ0n) is 9.93. The number of ether oxygens (including phenoxy) is 1. The molecule has 0 atom stereocenters. The molecule has 5 heteroatoms. The number of nitrogens with one attached hydrogen (secondary N) is 1. The summed E-state index contributed by atoms with van der Waals surface area (Å²) in [6, 6.07) is 0. The second kappa shape index (κ2) is 5.44. The van der Waals surface area contributed by atoms with E-state index in [1.807, 2.05) is 6.20 Å². The fourth-order valence-corrected chi connectivity index (χ4v) is 1.94. The lowest BCUT2D eigenvalue weighted by atomic mass is 9.94. The Bertz CT molecular complexity index is 370. The van der Waals surface area contributed by atoms with E-state index in [4.69, 9.17) is 4.74 Å². The van der Waals surface area contributed by atoms with Gasteiger partial charge >= 0.3 is 0 Å². The van der Waals surface area contributed by atoms with Crippen molar-refractivity contribution in [2.24, 2.45) is 0 Å². The van der Waals surface area contributed by atoms with Gasteiger partial charge in [-0.1, -0.05) is 6.58 Å². The number of aromatic nitrogens is 2. The first-order valence-corrected chi connectivity index (χ1v) is 5.88. The molecular weight excluding hydrogens is 218 g/mol. The highest BCUT2D eigenvalue weighted by Gasteiger charge is 2.28. The topological polar surface area (TPSA) is 59.3 Å². The Labute approximate surface area is 101 Å². The first-order valence-electron chi connectivity index (χ1n) is 5.88. The molecule has 2 rings (SSSR count). The Morgan fingerprint density at radius 1 is 1.59 bits per heavy atom. The molecule has 1 aliphatic heterocycles. The molecule has 0 saturated carbocycles. The van der Waals surface area contributed by atoms with Gasteiger partial charge in [0.15, 0.2) is 0 Å². The third-order valence-electron chi connectivity index (χ3n) is 3.05. The predicted molar refractivity (Wildman–Crippen MR) is 65.3 cm³/mol. The zero-order valence-corrected chi connectivity index (χ0v) is 9.93. The molecule has 0 radical (unpaired) electrons. The van der Waals surface area contributed by atoms with Gasteiger partial charge in [0.2, 0.25) is 0 Å². The molecule has 1 aromatic rings. The van der Waals surface area contributed by atoms with Crippen molar-refractivity contribution in [1.82, 2.24) is 15.1 Å². The molecule has 0 aliphatic carbocycles. The quantitative estimate of drug-likeness (QED) is 0.788. The van der Waals surface area contributed by atoms with Crippen LogP contribution in [0.3, 0.4) is 0 Å². The van der Waals surface area contributed by atoms with Crippen LogP contribution in [0.5, 0.6) is 0 Å². The van der Waals surface area contributed by atoms with Gasteiger partial charge in [0.05, 0.1) is 11.8 Å². The van der Waals surface area contributed by atoms with Crippen molar-refractivity contribution in [2.45, 2.75) is 25.0 Å². The van der Waals surface area contributed by atoms with Crippen molar-refractivity contribution < 1.29 is 9.84 Å². The first-order chi connectivity index (χ1) is 8.22. The molecule has 1 aliphatic rings. The maximum atomic E-state index is 10.2. The van der Waals surface area contributed by atoms with Crippen LogP contribution in [-0.2, 0) is 11.3 Å². The average molecular weight is 237 g/mol. The molecule has 2 heterocycles. The Morgan fingerprint density at radius 2 is 2.35 bits per heavy atom. The van der Waals surface area contributed by atoms with Crippen LogP contribution >= 0.6 is 0 Å². The Balaban J connectivity index is 1.76. The number of hydrogen-bond donors (Lipinski definition) is 2. The molecule has 0 amide bonds. The number of hydrogen-bond acceptors (Lipinski definition) is 4. The molecule has 1 aromatic heterocycles. The lowest BCUT2D eigenvalue weighted by Crippen LogP contribution is -2.44. The fourth-order valence-electron chi connectivity index (χ4n) is 1.94. The normalized spacial score (nSPS) is 19.1. The SMILES string of the molecule is C=Cn1cc(CNCC2(O)CCOCC2)cn1. The van der Waals surface area contributed by atoms with Crippen LogP contribution in [0.2, 0.25) is 0 Å². The van der Waals surface area contributed by atoms with E-state index in [2.05, 4.69) is 17.0 Å². The van der Waals surface area contributed by atoms with Crippen molar-refractivity contribution >= 4 is 6.20 Å². The molecule has 1 fully saturated rings. The predicted octanol–water partition coefficient (Wildman–Crippen LogP) is 0.615. The minimum Gasteiger partial charge on any atom is -0.388 e.